The van der Waals surface area contributed by atoms with Gasteiger partial charge in [-0.2, -0.15) is 0 Å². The van der Waals surface area contributed by atoms with E-state index in [9.17, 15) is 4.79 Å². The normalized spacial score (nSPS) is 19.6. The zero-order chi connectivity index (χ0) is 17.8. The minimum Gasteiger partial charge on any atom is -0.378 e. The Kier molecular flexibility index (Phi) is 5.39. The van der Waals surface area contributed by atoms with Crippen LogP contribution >= 0.6 is 0 Å². The van der Waals surface area contributed by atoms with Crippen LogP contribution in [0.2, 0.25) is 0 Å². The average molecular weight is 337 g/mol. The van der Waals surface area contributed by atoms with Crippen molar-refractivity contribution in [3.8, 4) is 0 Å². The summed E-state index contributed by atoms with van der Waals surface area (Å²) in [4.78, 5) is 14.8. The Morgan fingerprint density at radius 1 is 1.08 bits per heavy atom. The molecule has 0 unspecified atom stereocenters. The molecule has 0 bridgehead atoms. The van der Waals surface area contributed by atoms with Gasteiger partial charge in [-0.05, 0) is 30.2 Å². The summed E-state index contributed by atoms with van der Waals surface area (Å²) in [6, 6.07) is 16.8. The lowest BCUT2D eigenvalue weighted by Gasteiger charge is -2.19. The predicted molar refractivity (Wildman–Crippen MR) is 103 cm³/mol. The van der Waals surface area contributed by atoms with Gasteiger partial charge in [0, 0.05) is 45.3 Å². The first-order chi connectivity index (χ1) is 12.0. The fourth-order valence-corrected chi connectivity index (χ4v) is 3.35. The maximum Gasteiger partial charge on any atom is 0.225 e. The summed E-state index contributed by atoms with van der Waals surface area (Å²) >= 11 is 0. The van der Waals surface area contributed by atoms with E-state index in [4.69, 9.17) is 0 Å². The van der Waals surface area contributed by atoms with Crippen molar-refractivity contribution >= 4 is 11.6 Å². The number of anilines is 1. The molecule has 0 saturated carbocycles. The third-order valence-electron chi connectivity index (χ3n) is 4.98. The predicted octanol–water partition coefficient (Wildman–Crippen LogP) is 2.68. The topological polar surface area (TPSA) is 44.4 Å². The smallest absolute Gasteiger partial charge is 0.225 e. The average Bonchev–Trinajstić information content (AvgIpc) is 3.10. The van der Waals surface area contributed by atoms with Gasteiger partial charge in [-0.1, -0.05) is 42.0 Å². The van der Waals surface area contributed by atoms with Crippen molar-refractivity contribution in [2.75, 3.05) is 32.1 Å². The van der Waals surface area contributed by atoms with Gasteiger partial charge in [0.2, 0.25) is 5.91 Å². The van der Waals surface area contributed by atoms with Gasteiger partial charge in [-0.25, -0.2) is 0 Å². The standard InChI is InChI=1S/C21H27N3O/c1-15-4-8-17(9-5-15)19-13-22-14-20(19)21(25)23-12-16-6-10-18(11-7-16)24(2)3/h4-11,19-20,22H,12-14H2,1-3H3,(H,23,25)/t19-,20+/m0/s1. The largest absolute Gasteiger partial charge is 0.378 e. The highest BCUT2D eigenvalue weighted by Crippen LogP contribution is 2.28. The molecule has 1 saturated heterocycles. The van der Waals surface area contributed by atoms with E-state index in [0.717, 1.165) is 24.3 Å². The number of nitrogens with zero attached hydrogens (tertiary/aromatic N) is 1. The SMILES string of the molecule is Cc1ccc([C@@H]2CNC[C@H]2C(=O)NCc2ccc(N(C)C)cc2)cc1. The van der Waals surface area contributed by atoms with Crippen LogP contribution in [-0.4, -0.2) is 33.1 Å². The molecule has 1 fully saturated rings. The lowest BCUT2D eigenvalue weighted by atomic mass is 9.88. The molecule has 25 heavy (non-hydrogen) atoms. The highest BCUT2D eigenvalue weighted by Gasteiger charge is 2.33. The van der Waals surface area contributed by atoms with Gasteiger partial charge >= 0.3 is 0 Å². The maximum atomic E-state index is 12.7. The summed E-state index contributed by atoms with van der Waals surface area (Å²) in [5, 5.41) is 6.48. The molecule has 0 aliphatic carbocycles. The molecule has 0 radical (unpaired) electrons. The first-order valence-electron chi connectivity index (χ1n) is 8.86. The second kappa shape index (κ2) is 7.70. The van der Waals surface area contributed by atoms with Crippen LogP contribution in [0, 0.1) is 12.8 Å². The molecule has 1 amide bonds. The molecule has 0 aromatic heterocycles. The Bertz CT molecular complexity index is 707. The van der Waals surface area contributed by atoms with Gasteiger partial charge in [0.15, 0.2) is 0 Å². The van der Waals surface area contributed by atoms with E-state index in [1.54, 1.807) is 0 Å². The summed E-state index contributed by atoms with van der Waals surface area (Å²) in [6.45, 7) is 4.26. The number of hydrogen-bond acceptors (Lipinski definition) is 3. The summed E-state index contributed by atoms with van der Waals surface area (Å²) < 4.78 is 0. The van der Waals surface area contributed by atoms with Crippen molar-refractivity contribution in [2.45, 2.75) is 19.4 Å². The number of carbonyl (C=O) groups is 1. The van der Waals surface area contributed by atoms with Crippen molar-refractivity contribution in [3.05, 3.63) is 65.2 Å². The molecule has 4 heteroatoms. The van der Waals surface area contributed by atoms with Gasteiger partial charge in [0.05, 0.1) is 5.92 Å². The molecule has 2 N–H and O–H groups in total. The Labute approximate surface area is 150 Å². The van der Waals surface area contributed by atoms with Crippen LogP contribution in [-0.2, 0) is 11.3 Å². The first kappa shape index (κ1) is 17.5. The zero-order valence-corrected chi connectivity index (χ0v) is 15.3. The highest BCUT2D eigenvalue weighted by atomic mass is 16.1. The van der Waals surface area contributed by atoms with E-state index in [-0.39, 0.29) is 17.7 Å². The van der Waals surface area contributed by atoms with Crippen LogP contribution < -0.4 is 15.5 Å². The number of benzene rings is 2. The Hall–Kier alpha value is -2.33. The lowest BCUT2D eigenvalue weighted by molar-refractivity contribution is -0.125. The van der Waals surface area contributed by atoms with Crippen molar-refractivity contribution < 1.29 is 4.79 Å². The highest BCUT2D eigenvalue weighted by molar-refractivity contribution is 5.80. The monoisotopic (exact) mass is 337 g/mol. The van der Waals surface area contributed by atoms with Crippen LogP contribution in [0.1, 0.15) is 22.6 Å². The molecule has 2 aromatic rings. The van der Waals surface area contributed by atoms with E-state index >= 15 is 0 Å². The van der Waals surface area contributed by atoms with Crippen molar-refractivity contribution in [3.63, 3.8) is 0 Å². The number of aryl methyl sites for hydroxylation is 1. The third-order valence-corrected chi connectivity index (χ3v) is 4.98. The fraction of sp³-hybridized carbons (Fsp3) is 0.381. The van der Waals surface area contributed by atoms with E-state index in [1.165, 1.54) is 11.1 Å². The van der Waals surface area contributed by atoms with Crippen LogP contribution in [0.3, 0.4) is 0 Å². The van der Waals surface area contributed by atoms with Crippen molar-refractivity contribution in [1.29, 1.82) is 0 Å². The zero-order valence-electron chi connectivity index (χ0n) is 15.3. The Balaban J connectivity index is 1.61. The van der Waals surface area contributed by atoms with E-state index < -0.39 is 0 Å². The number of amides is 1. The van der Waals surface area contributed by atoms with Gasteiger partial charge in [-0.3, -0.25) is 4.79 Å². The van der Waals surface area contributed by atoms with Gasteiger partial charge in [0.25, 0.3) is 0 Å². The Morgan fingerprint density at radius 3 is 2.40 bits per heavy atom. The quantitative estimate of drug-likeness (QED) is 0.882. The molecule has 2 aromatic carbocycles. The summed E-state index contributed by atoms with van der Waals surface area (Å²) in [5.41, 5.74) is 4.77. The third kappa shape index (κ3) is 4.20. The van der Waals surface area contributed by atoms with E-state index in [1.807, 2.05) is 14.1 Å². The minimum atomic E-state index is -0.0104. The summed E-state index contributed by atoms with van der Waals surface area (Å²) in [6.07, 6.45) is 0. The molecule has 2 atom stereocenters. The minimum absolute atomic E-state index is 0.0104. The second-order valence-electron chi connectivity index (χ2n) is 7.06. The van der Waals surface area contributed by atoms with Crippen molar-refractivity contribution in [1.82, 2.24) is 10.6 Å². The number of nitrogens with one attached hydrogen (secondary N) is 2. The lowest BCUT2D eigenvalue weighted by Crippen LogP contribution is -2.34. The maximum absolute atomic E-state index is 12.7. The summed E-state index contributed by atoms with van der Waals surface area (Å²) in [5.74, 6) is 0.368. The molecule has 0 spiro atoms. The van der Waals surface area contributed by atoms with Crippen LogP contribution in [0.25, 0.3) is 0 Å². The molecule has 132 valence electrons. The second-order valence-corrected chi connectivity index (χ2v) is 7.06. The molecule has 1 heterocycles. The van der Waals surface area contributed by atoms with Gasteiger partial charge in [0.1, 0.15) is 0 Å². The van der Waals surface area contributed by atoms with Crippen LogP contribution in [0.15, 0.2) is 48.5 Å². The van der Waals surface area contributed by atoms with Crippen LogP contribution in [0.4, 0.5) is 5.69 Å². The van der Waals surface area contributed by atoms with Crippen LogP contribution in [0.5, 0.6) is 0 Å². The number of rotatable bonds is 5. The van der Waals surface area contributed by atoms with Crippen molar-refractivity contribution in [2.24, 2.45) is 5.92 Å². The van der Waals surface area contributed by atoms with E-state index in [2.05, 4.69) is 71.0 Å². The van der Waals surface area contributed by atoms with Gasteiger partial charge < -0.3 is 15.5 Å². The number of hydrogen-bond donors (Lipinski definition) is 2. The molecule has 3 rings (SSSR count). The number of carbonyl (C=O) groups excluding carboxylic acids is 1. The van der Waals surface area contributed by atoms with Gasteiger partial charge in [-0.15, -0.1) is 0 Å². The Morgan fingerprint density at radius 2 is 1.76 bits per heavy atom. The first-order valence-corrected chi connectivity index (χ1v) is 8.86. The fourth-order valence-electron chi connectivity index (χ4n) is 3.35. The molecular weight excluding hydrogens is 310 g/mol. The van der Waals surface area contributed by atoms with E-state index in [0.29, 0.717) is 6.54 Å². The molecule has 1 aliphatic rings. The molecular formula is C21H27N3O. The molecule has 4 nitrogen and oxygen atoms in total. The molecule has 1 aliphatic heterocycles. The summed E-state index contributed by atoms with van der Waals surface area (Å²) in [7, 11) is 4.05.